The van der Waals surface area contributed by atoms with Crippen LogP contribution >= 0.6 is 0 Å². The van der Waals surface area contributed by atoms with Crippen LogP contribution in [-0.4, -0.2) is 12.5 Å². The van der Waals surface area contributed by atoms with Gasteiger partial charge in [-0.2, -0.15) is 0 Å². The monoisotopic (exact) mass is 179 g/mol. The van der Waals surface area contributed by atoms with Gasteiger partial charge in [-0.25, -0.2) is 0 Å². The van der Waals surface area contributed by atoms with Crippen LogP contribution in [0.4, 0.5) is 0 Å². The van der Waals surface area contributed by atoms with Crippen LogP contribution in [0.1, 0.15) is 29.4 Å². The summed E-state index contributed by atoms with van der Waals surface area (Å²) in [7, 11) is 0. The second kappa shape index (κ2) is 2.91. The first kappa shape index (κ1) is 8.35. The molecule has 2 rings (SSSR count). The van der Waals surface area contributed by atoms with Crippen molar-refractivity contribution in [2.45, 2.75) is 26.2 Å². The molecule has 0 bridgehead atoms. The van der Waals surface area contributed by atoms with Crippen LogP contribution in [0.2, 0.25) is 0 Å². The lowest BCUT2D eigenvalue weighted by Gasteiger charge is -2.00. The molecule has 1 aromatic heterocycles. The number of carbonyl (C=O) groups is 1. The number of carbonyl (C=O) groups excluding carboxylic acids is 1. The predicted octanol–water partition coefficient (Wildman–Crippen LogP) is 1.50. The van der Waals surface area contributed by atoms with E-state index in [9.17, 15) is 4.79 Å². The molecule has 0 aliphatic carbocycles. The van der Waals surface area contributed by atoms with Crippen LogP contribution in [-0.2, 0) is 4.79 Å². The highest BCUT2D eigenvalue weighted by Crippen LogP contribution is 2.26. The van der Waals surface area contributed by atoms with E-state index >= 15 is 0 Å². The van der Waals surface area contributed by atoms with Crippen LogP contribution < -0.4 is 5.32 Å². The summed E-state index contributed by atoms with van der Waals surface area (Å²) in [4.78, 5) is 11.0. The minimum Gasteiger partial charge on any atom is -0.466 e. The standard InChI is InChI=1S/C10H13NO2/c1-6-3-9(13-7(6)2)8-4-10(12)11-5-8/h3,8H,4-5H2,1-2H3,(H,11,12). The summed E-state index contributed by atoms with van der Waals surface area (Å²) in [6.45, 7) is 4.68. The van der Waals surface area contributed by atoms with Gasteiger partial charge < -0.3 is 9.73 Å². The van der Waals surface area contributed by atoms with Gasteiger partial charge in [-0.1, -0.05) is 0 Å². The number of furan rings is 1. The lowest BCUT2D eigenvalue weighted by Crippen LogP contribution is -2.13. The van der Waals surface area contributed by atoms with Crippen molar-refractivity contribution in [3.8, 4) is 0 Å². The summed E-state index contributed by atoms with van der Waals surface area (Å²) < 4.78 is 5.55. The fourth-order valence-corrected chi connectivity index (χ4v) is 1.61. The van der Waals surface area contributed by atoms with E-state index in [4.69, 9.17) is 4.42 Å². The second-order valence-electron chi connectivity index (χ2n) is 3.59. The topological polar surface area (TPSA) is 42.2 Å². The fraction of sp³-hybridized carbons (Fsp3) is 0.500. The Balaban J connectivity index is 2.21. The van der Waals surface area contributed by atoms with Gasteiger partial charge in [0.25, 0.3) is 0 Å². The molecule has 1 N–H and O–H groups in total. The molecule has 0 spiro atoms. The largest absolute Gasteiger partial charge is 0.466 e. The van der Waals surface area contributed by atoms with E-state index < -0.39 is 0 Å². The van der Waals surface area contributed by atoms with Crippen LogP contribution in [0.5, 0.6) is 0 Å². The van der Waals surface area contributed by atoms with Crippen molar-refractivity contribution in [1.29, 1.82) is 0 Å². The maximum absolute atomic E-state index is 11.0. The molecule has 0 aromatic carbocycles. The van der Waals surface area contributed by atoms with Gasteiger partial charge in [0.2, 0.25) is 5.91 Å². The molecule has 1 fully saturated rings. The number of amides is 1. The van der Waals surface area contributed by atoms with Gasteiger partial charge >= 0.3 is 0 Å². The fourth-order valence-electron chi connectivity index (χ4n) is 1.61. The van der Waals surface area contributed by atoms with Gasteiger partial charge in [0.1, 0.15) is 11.5 Å². The van der Waals surface area contributed by atoms with Crippen LogP contribution in [0.25, 0.3) is 0 Å². The highest BCUT2D eigenvalue weighted by atomic mass is 16.3. The van der Waals surface area contributed by atoms with Gasteiger partial charge in [-0.3, -0.25) is 4.79 Å². The van der Waals surface area contributed by atoms with E-state index in [1.807, 2.05) is 19.9 Å². The molecule has 13 heavy (non-hydrogen) atoms. The van der Waals surface area contributed by atoms with Crippen molar-refractivity contribution < 1.29 is 9.21 Å². The summed E-state index contributed by atoms with van der Waals surface area (Å²) in [5, 5.41) is 2.80. The molecular formula is C10H13NO2. The molecule has 1 amide bonds. The van der Waals surface area contributed by atoms with Crippen molar-refractivity contribution >= 4 is 5.91 Å². The van der Waals surface area contributed by atoms with Crippen molar-refractivity contribution in [2.75, 3.05) is 6.54 Å². The van der Waals surface area contributed by atoms with Crippen molar-refractivity contribution in [3.05, 3.63) is 23.2 Å². The molecule has 3 heteroatoms. The third-order valence-electron chi connectivity index (χ3n) is 2.56. The Hall–Kier alpha value is -1.25. The Bertz CT molecular complexity index is 321. The summed E-state index contributed by atoms with van der Waals surface area (Å²) in [5.41, 5.74) is 1.16. The van der Waals surface area contributed by atoms with E-state index in [1.165, 1.54) is 0 Å². The Labute approximate surface area is 77.1 Å². The smallest absolute Gasteiger partial charge is 0.220 e. The SMILES string of the molecule is Cc1cc(C2CNC(=O)C2)oc1C. The number of hydrogen-bond acceptors (Lipinski definition) is 2. The summed E-state index contributed by atoms with van der Waals surface area (Å²) in [6.07, 6.45) is 0.562. The van der Waals surface area contributed by atoms with Gasteiger partial charge in [0.15, 0.2) is 0 Å². The van der Waals surface area contributed by atoms with E-state index in [1.54, 1.807) is 0 Å². The predicted molar refractivity (Wildman–Crippen MR) is 48.5 cm³/mol. The third kappa shape index (κ3) is 1.46. The quantitative estimate of drug-likeness (QED) is 0.709. The molecular weight excluding hydrogens is 166 g/mol. The molecule has 1 atom stereocenters. The van der Waals surface area contributed by atoms with E-state index in [-0.39, 0.29) is 11.8 Å². The molecule has 2 heterocycles. The van der Waals surface area contributed by atoms with Gasteiger partial charge in [-0.15, -0.1) is 0 Å². The summed E-state index contributed by atoms with van der Waals surface area (Å²) >= 11 is 0. The molecule has 0 radical (unpaired) electrons. The zero-order valence-electron chi connectivity index (χ0n) is 7.89. The Morgan fingerprint density at radius 1 is 1.54 bits per heavy atom. The first-order valence-electron chi connectivity index (χ1n) is 4.50. The maximum atomic E-state index is 11.0. The molecule has 1 unspecified atom stereocenters. The normalized spacial score (nSPS) is 22.0. The zero-order chi connectivity index (χ0) is 9.42. The lowest BCUT2D eigenvalue weighted by atomic mass is 10.1. The molecule has 1 saturated heterocycles. The maximum Gasteiger partial charge on any atom is 0.220 e. The number of nitrogens with one attached hydrogen (secondary N) is 1. The van der Waals surface area contributed by atoms with E-state index in [0.717, 1.165) is 17.1 Å². The second-order valence-corrected chi connectivity index (χ2v) is 3.59. The van der Waals surface area contributed by atoms with Gasteiger partial charge in [-0.05, 0) is 25.5 Å². The Morgan fingerprint density at radius 3 is 2.77 bits per heavy atom. The highest BCUT2D eigenvalue weighted by Gasteiger charge is 2.25. The number of rotatable bonds is 1. The van der Waals surface area contributed by atoms with E-state index in [2.05, 4.69) is 5.32 Å². The Morgan fingerprint density at radius 2 is 2.31 bits per heavy atom. The van der Waals surface area contributed by atoms with Crippen molar-refractivity contribution in [2.24, 2.45) is 0 Å². The molecule has 1 aliphatic rings. The third-order valence-corrected chi connectivity index (χ3v) is 2.56. The molecule has 3 nitrogen and oxygen atoms in total. The Kier molecular flexibility index (Phi) is 1.87. The molecule has 1 aromatic rings. The van der Waals surface area contributed by atoms with Gasteiger partial charge in [0, 0.05) is 18.9 Å². The molecule has 0 saturated carbocycles. The first-order valence-corrected chi connectivity index (χ1v) is 4.50. The molecule has 1 aliphatic heterocycles. The van der Waals surface area contributed by atoms with E-state index in [0.29, 0.717) is 13.0 Å². The van der Waals surface area contributed by atoms with Crippen molar-refractivity contribution in [1.82, 2.24) is 5.32 Å². The van der Waals surface area contributed by atoms with Crippen molar-refractivity contribution in [3.63, 3.8) is 0 Å². The minimum atomic E-state index is 0.122. The summed E-state index contributed by atoms with van der Waals surface area (Å²) in [6, 6.07) is 2.03. The van der Waals surface area contributed by atoms with Crippen LogP contribution in [0.15, 0.2) is 10.5 Å². The first-order chi connectivity index (χ1) is 6.16. The summed E-state index contributed by atoms with van der Waals surface area (Å²) in [5.74, 6) is 2.25. The average molecular weight is 179 g/mol. The minimum absolute atomic E-state index is 0.122. The highest BCUT2D eigenvalue weighted by molar-refractivity contribution is 5.79. The zero-order valence-corrected chi connectivity index (χ0v) is 7.89. The molecule has 70 valence electrons. The van der Waals surface area contributed by atoms with Crippen LogP contribution in [0.3, 0.4) is 0 Å². The van der Waals surface area contributed by atoms with Crippen LogP contribution in [0, 0.1) is 13.8 Å². The average Bonchev–Trinajstić information content (AvgIpc) is 2.61. The lowest BCUT2D eigenvalue weighted by molar-refractivity contribution is -0.119. The number of aryl methyl sites for hydroxylation is 2. The number of hydrogen-bond donors (Lipinski definition) is 1. The van der Waals surface area contributed by atoms with Gasteiger partial charge in [0.05, 0.1) is 0 Å².